The van der Waals surface area contributed by atoms with Crippen molar-refractivity contribution in [2.24, 2.45) is 0 Å². The molecule has 1 amide bonds. The van der Waals surface area contributed by atoms with E-state index in [4.69, 9.17) is 5.73 Å². The van der Waals surface area contributed by atoms with Gasteiger partial charge in [-0.15, -0.1) is 0 Å². The fourth-order valence-electron chi connectivity index (χ4n) is 1.90. The predicted octanol–water partition coefficient (Wildman–Crippen LogP) is 0.395. The Morgan fingerprint density at radius 1 is 1.67 bits per heavy atom. The second-order valence-corrected chi connectivity index (χ2v) is 3.79. The summed E-state index contributed by atoms with van der Waals surface area (Å²) in [7, 11) is 0. The van der Waals surface area contributed by atoms with Gasteiger partial charge in [-0.05, 0) is 12.5 Å². The van der Waals surface area contributed by atoms with Crippen molar-refractivity contribution >= 4 is 11.9 Å². The lowest BCUT2D eigenvalue weighted by atomic mass is 10.1. The topological polar surface area (TPSA) is 72.1 Å². The van der Waals surface area contributed by atoms with Crippen LogP contribution in [0.1, 0.15) is 25.0 Å². The summed E-state index contributed by atoms with van der Waals surface area (Å²) in [5.74, 6) is 0.729. The van der Waals surface area contributed by atoms with E-state index >= 15 is 0 Å². The average molecular weight is 206 g/mol. The van der Waals surface area contributed by atoms with E-state index in [0.717, 1.165) is 25.2 Å². The number of likely N-dealkylation sites (tertiary alicyclic amines) is 1. The summed E-state index contributed by atoms with van der Waals surface area (Å²) in [5, 5.41) is 0. The van der Waals surface area contributed by atoms with Gasteiger partial charge in [0.05, 0.1) is 5.69 Å². The third-order valence-corrected chi connectivity index (χ3v) is 2.75. The molecule has 80 valence electrons. The van der Waals surface area contributed by atoms with Gasteiger partial charge in [-0.25, -0.2) is 9.97 Å². The SMILES string of the molecule is CC(=O)N1CC[C@@H](c2ccnc(N)n2)C1. The first-order valence-corrected chi connectivity index (χ1v) is 5.01. The molecule has 0 radical (unpaired) electrons. The van der Waals surface area contributed by atoms with Gasteiger partial charge in [0.1, 0.15) is 0 Å². The lowest BCUT2D eigenvalue weighted by Gasteiger charge is -2.13. The number of hydrogen-bond acceptors (Lipinski definition) is 4. The van der Waals surface area contributed by atoms with Gasteiger partial charge in [-0.3, -0.25) is 4.79 Å². The maximum absolute atomic E-state index is 11.2. The number of amides is 1. The van der Waals surface area contributed by atoms with Gasteiger partial charge in [0, 0.05) is 32.1 Å². The fourth-order valence-corrected chi connectivity index (χ4v) is 1.90. The number of nitrogen functional groups attached to an aromatic ring is 1. The molecule has 0 saturated carbocycles. The summed E-state index contributed by atoms with van der Waals surface area (Å²) in [5.41, 5.74) is 6.45. The van der Waals surface area contributed by atoms with Crippen LogP contribution in [0.5, 0.6) is 0 Å². The molecular formula is C10H14N4O. The average Bonchev–Trinajstić information content (AvgIpc) is 2.66. The minimum absolute atomic E-state index is 0.125. The number of nitrogens with zero attached hydrogens (tertiary/aromatic N) is 3. The second kappa shape index (κ2) is 3.84. The monoisotopic (exact) mass is 206 g/mol. The Labute approximate surface area is 88.3 Å². The molecule has 1 fully saturated rings. The van der Waals surface area contributed by atoms with Crippen molar-refractivity contribution in [1.82, 2.24) is 14.9 Å². The highest BCUT2D eigenvalue weighted by Gasteiger charge is 2.26. The molecule has 1 aliphatic rings. The number of hydrogen-bond donors (Lipinski definition) is 1. The number of nitrogens with two attached hydrogens (primary N) is 1. The minimum atomic E-state index is 0.125. The molecule has 2 N–H and O–H groups in total. The van der Waals surface area contributed by atoms with E-state index in [9.17, 15) is 4.79 Å². The number of rotatable bonds is 1. The van der Waals surface area contributed by atoms with Gasteiger partial charge in [0.25, 0.3) is 0 Å². The van der Waals surface area contributed by atoms with Crippen molar-refractivity contribution in [3.05, 3.63) is 18.0 Å². The van der Waals surface area contributed by atoms with E-state index in [0.29, 0.717) is 11.9 Å². The lowest BCUT2D eigenvalue weighted by molar-refractivity contribution is -0.127. The molecule has 0 unspecified atom stereocenters. The zero-order chi connectivity index (χ0) is 10.8. The fraction of sp³-hybridized carbons (Fsp3) is 0.500. The summed E-state index contributed by atoms with van der Waals surface area (Å²) in [6, 6.07) is 1.87. The van der Waals surface area contributed by atoms with Crippen LogP contribution < -0.4 is 5.73 Å². The number of carbonyl (C=O) groups excluding carboxylic acids is 1. The molecule has 5 heteroatoms. The first-order chi connectivity index (χ1) is 7.16. The standard InChI is InChI=1S/C10H14N4O/c1-7(15)14-5-3-8(6-14)9-2-4-12-10(11)13-9/h2,4,8H,3,5-6H2,1H3,(H2,11,12,13)/t8-/m1/s1. The second-order valence-electron chi connectivity index (χ2n) is 3.79. The van der Waals surface area contributed by atoms with E-state index in [2.05, 4.69) is 9.97 Å². The molecular weight excluding hydrogens is 192 g/mol. The molecule has 0 spiro atoms. The molecule has 1 atom stereocenters. The van der Waals surface area contributed by atoms with Crippen molar-refractivity contribution in [3.8, 4) is 0 Å². The maximum atomic E-state index is 11.2. The molecule has 1 saturated heterocycles. The van der Waals surface area contributed by atoms with E-state index in [1.54, 1.807) is 13.1 Å². The van der Waals surface area contributed by atoms with Crippen molar-refractivity contribution in [3.63, 3.8) is 0 Å². The zero-order valence-electron chi connectivity index (χ0n) is 8.68. The summed E-state index contributed by atoms with van der Waals surface area (Å²) < 4.78 is 0. The summed E-state index contributed by atoms with van der Waals surface area (Å²) >= 11 is 0. The minimum Gasteiger partial charge on any atom is -0.368 e. The molecule has 0 bridgehead atoms. The first kappa shape index (κ1) is 9.89. The summed E-state index contributed by atoms with van der Waals surface area (Å²) in [6.45, 7) is 3.15. The van der Waals surface area contributed by atoms with Gasteiger partial charge >= 0.3 is 0 Å². The summed E-state index contributed by atoms with van der Waals surface area (Å²) in [4.78, 5) is 21.0. The van der Waals surface area contributed by atoms with E-state index in [1.165, 1.54) is 0 Å². The molecule has 5 nitrogen and oxygen atoms in total. The Kier molecular flexibility index (Phi) is 2.53. The van der Waals surface area contributed by atoms with Gasteiger partial charge in [-0.1, -0.05) is 0 Å². The number of anilines is 1. The van der Waals surface area contributed by atoms with Crippen LogP contribution in [0, 0.1) is 0 Å². The number of carbonyl (C=O) groups is 1. The largest absolute Gasteiger partial charge is 0.368 e. The van der Waals surface area contributed by atoms with Crippen LogP contribution in [0.25, 0.3) is 0 Å². The third-order valence-electron chi connectivity index (χ3n) is 2.75. The highest BCUT2D eigenvalue weighted by molar-refractivity contribution is 5.73. The van der Waals surface area contributed by atoms with Crippen LogP contribution in [0.2, 0.25) is 0 Å². The normalized spacial score (nSPS) is 20.6. The molecule has 15 heavy (non-hydrogen) atoms. The maximum Gasteiger partial charge on any atom is 0.220 e. The van der Waals surface area contributed by atoms with Gasteiger partial charge in [-0.2, -0.15) is 0 Å². The third kappa shape index (κ3) is 2.06. The molecule has 0 aliphatic carbocycles. The molecule has 2 heterocycles. The van der Waals surface area contributed by atoms with Crippen molar-refractivity contribution in [1.29, 1.82) is 0 Å². The van der Waals surface area contributed by atoms with Crippen LogP contribution in [-0.4, -0.2) is 33.9 Å². The quantitative estimate of drug-likeness (QED) is 0.721. The first-order valence-electron chi connectivity index (χ1n) is 5.01. The molecule has 1 aliphatic heterocycles. The van der Waals surface area contributed by atoms with E-state index in [-0.39, 0.29) is 5.91 Å². The van der Waals surface area contributed by atoms with Crippen molar-refractivity contribution < 1.29 is 4.79 Å². The van der Waals surface area contributed by atoms with Crippen molar-refractivity contribution in [2.75, 3.05) is 18.8 Å². The van der Waals surface area contributed by atoms with Crippen LogP contribution in [-0.2, 0) is 4.79 Å². The van der Waals surface area contributed by atoms with Crippen LogP contribution in [0.15, 0.2) is 12.3 Å². The predicted molar refractivity (Wildman–Crippen MR) is 56.1 cm³/mol. The molecule has 0 aromatic carbocycles. The Morgan fingerprint density at radius 2 is 2.47 bits per heavy atom. The van der Waals surface area contributed by atoms with E-state index < -0.39 is 0 Å². The zero-order valence-corrected chi connectivity index (χ0v) is 8.68. The van der Waals surface area contributed by atoms with Gasteiger partial charge in [0.2, 0.25) is 11.9 Å². The van der Waals surface area contributed by atoms with Gasteiger partial charge < -0.3 is 10.6 Å². The molecule has 1 aromatic heterocycles. The Morgan fingerprint density at radius 3 is 3.07 bits per heavy atom. The smallest absolute Gasteiger partial charge is 0.220 e. The Balaban J connectivity index is 2.11. The highest BCUT2D eigenvalue weighted by Crippen LogP contribution is 2.25. The molecule has 2 rings (SSSR count). The van der Waals surface area contributed by atoms with Crippen LogP contribution in [0.4, 0.5) is 5.95 Å². The summed E-state index contributed by atoms with van der Waals surface area (Å²) in [6.07, 6.45) is 2.62. The van der Waals surface area contributed by atoms with Crippen LogP contribution >= 0.6 is 0 Å². The Hall–Kier alpha value is -1.65. The molecule has 1 aromatic rings. The highest BCUT2D eigenvalue weighted by atomic mass is 16.2. The lowest BCUT2D eigenvalue weighted by Crippen LogP contribution is -2.25. The van der Waals surface area contributed by atoms with Crippen molar-refractivity contribution in [2.45, 2.75) is 19.3 Å². The Bertz CT molecular complexity index is 379. The number of aromatic nitrogens is 2. The van der Waals surface area contributed by atoms with Gasteiger partial charge in [0.15, 0.2) is 0 Å². The van der Waals surface area contributed by atoms with Crippen LogP contribution in [0.3, 0.4) is 0 Å². The van der Waals surface area contributed by atoms with E-state index in [1.807, 2.05) is 11.0 Å².